The van der Waals surface area contributed by atoms with Gasteiger partial charge in [-0.05, 0) is 6.92 Å². The molecule has 2 aliphatic rings. The molecule has 0 saturated carbocycles. The summed E-state index contributed by atoms with van der Waals surface area (Å²) in [4.78, 5) is 12.1. The lowest BCUT2D eigenvalue weighted by Crippen LogP contribution is -2.33. The Balaban J connectivity index is 2.29. The Bertz CT molecular complexity index is 299. The quantitative estimate of drug-likeness (QED) is 0.590. The predicted molar refractivity (Wildman–Crippen MR) is 45.7 cm³/mol. The van der Waals surface area contributed by atoms with E-state index in [1.54, 1.807) is 0 Å². The van der Waals surface area contributed by atoms with Gasteiger partial charge in [0.25, 0.3) is 0 Å². The van der Waals surface area contributed by atoms with E-state index in [0.29, 0.717) is 18.2 Å². The topological polar surface area (TPSA) is 73.8 Å². The van der Waals surface area contributed by atoms with Crippen molar-refractivity contribution in [2.24, 2.45) is 25.3 Å². The van der Waals surface area contributed by atoms with Crippen LogP contribution in [0.1, 0.15) is 6.92 Å². The van der Waals surface area contributed by atoms with Crippen LogP contribution in [0, 0.1) is 0 Å². The minimum Gasteiger partial charge on any atom is -0.268 e. The molecule has 2 rings (SSSR count). The summed E-state index contributed by atoms with van der Waals surface area (Å²) in [5, 5.41) is 7.54. The van der Waals surface area contributed by atoms with E-state index < -0.39 is 0 Å². The molecule has 2 heterocycles. The third-order valence-electron chi connectivity index (χ3n) is 1.55. The molecule has 0 spiro atoms. The molecular weight excluding hydrogens is 156 g/mol. The number of amidine groups is 2. The molecule has 0 radical (unpaired) electrons. The van der Waals surface area contributed by atoms with Crippen LogP contribution in [-0.2, 0) is 0 Å². The molecule has 0 aliphatic carbocycles. The zero-order valence-electron chi connectivity index (χ0n) is 6.60. The summed E-state index contributed by atoms with van der Waals surface area (Å²) in [7, 11) is 0. The van der Waals surface area contributed by atoms with Crippen molar-refractivity contribution in [2.75, 3.05) is 6.54 Å². The van der Waals surface area contributed by atoms with Crippen LogP contribution in [0.5, 0.6) is 0 Å². The number of nitrogens with zero attached hydrogens (tertiary/aromatic N) is 5. The molecular formula is C6H8N6. The van der Waals surface area contributed by atoms with E-state index in [1.807, 2.05) is 6.92 Å². The fourth-order valence-corrected chi connectivity index (χ4v) is 1.04. The highest BCUT2D eigenvalue weighted by atomic mass is 15.5. The van der Waals surface area contributed by atoms with Gasteiger partial charge >= 0.3 is 0 Å². The Morgan fingerprint density at radius 2 is 2.58 bits per heavy atom. The Morgan fingerprint density at radius 3 is 3.42 bits per heavy atom. The monoisotopic (exact) mass is 164 g/mol. The zero-order chi connectivity index (χ0) is 8.39. The van der Waals surface area contributed by atoms with Gasteiger partial charge in [0.05, 0.1) is 0 Å². The van der Waals surface area contributed by atoms with Gasteiger partial charge in [0.1, 0.15) is 6.34 Å². The van der Waals surface area contributed by atoms with E-state index in [-0.39, 0.29) is 6.04 Å². The highest BCUT2D eigenvalue weighted by molar-refractivity contribution is 6.16. The standard InChI is InChI=1S/C6H8N6/c1-2-7-5-4-6(9-3-8-5)11-12-10-4/h3-4H,2H2,1H3,(H,7,8,9,10,11). The number of hydrogen-bond donors (Lipinski definition) is 1. The SMILES string of the molecule is CCN=C1N=CN=C2NN=NC12. The maximum atomic E-state index is 4.17. The van der Waals surface area contributed by atoms with Crippen molar-refractivity contribution in [1.82, 2.24) is 5.43 Å². The van der Waals surface area contributed by atoms with E-state index in [0.717, 1.165) is 0 Å². The van der Waals surface area contributed by atoms with Crippen LogP contribution < -0.4 is 5.43 Å². The van der Waals surface area contributed by atoms with Gasteiger partial charge in [-0.15, -0.1) is 0 Å². The van der Waals surface area contributed by atoms with Crippen LogP contribution in [0.25, 0.3) is 0 Å². The molecule has 0 saturated heterocycles. The van der Waals surface area contributed by atoms with E-state index in [2.05, 4.69) is 30.7 Å². The molecule has 1 unspecified atom stereocenters. The van der Waals surface area contributed by atoms with Crippen molar-refractivity contribution in [3.05, 3.63) is 0 Å². The number of aliphatic imine (C=N–C) groups is 3. The summed E-state index contributed by atoms with van der Waals surface area (Å²) in [6.07, 6.45) is 1.46. The Hall–Kier alpha value is -1.59. The van der Waals surface area contributed by atoms with E-state index in [9.17, 15) is 0 Å². The van der Waals surface area contributed by atoms with Gasteiger partial charge in [0.15, 0.2) is 17.7 Å². The minimum atomic E-state index is -0.199. The number of rotatable bonds is 1. The van der Waals surface area contributed by atoms with Crippen molar-refractivity contribution >= 4 is 18.0 Å². The van der Waals surface area contributed by atoms with E-state index in [4.69, 9.17) is 0 Å². The zero-order valence-corrected chi connectivity index (χ0v) is 6.60. The molecule has 1 atom stereocenters. The van der Waals surface area contributed by atoms with Gasteiger partial charge in [-0.3, -0.25) is 4.99 Å². The second kappa shape index (κ2) is 2.80. The third kappa shape index (κ3) is 1.01. The number of hydrogen-bond acceptors (Lipinski definition) is 5. The fourth-order valence-electron chi connectivity index (χ4n) is 1.04. The molecule has 0 fully saturated rings. The molecule has 0 aromatic heterocycles. The summed E-state index contributed by atoms with van der Waals surface area (Å²) in [6.45, 7) is 2.65. The lowest BCUT2D eigenvalue weighted by molar-refractivity contribution is 0.946. The largest absolute Gasteiger partial charge is 0.268 e. The number of fused-ring (bicyclic) bond motifs is 1. The van der Waals surface area contributed by atoms with Gasteiger partial charge in [-0.2, -0.15) is 5.11 Å². The van der Waals surface area contributed by atoms with Crippen molar-refractivity contribution < 1.29 is 0 Å². The third-order valence-corrected chi connectivity index (χ3v) is 1.55. The first-order valence-electron chi connectivity index (χ1n) is 3.72. The summed E-state index contributed by atoms with van der Waals surface area (Å²) in [5.74, 6) is 1.38. The smallest absolute Gasteiger partial charge is 0.191 e. The molecule has 0 aromatic carbocycles. The molecule has 62 valence electrons. The second-order valence-corrected chi connectivity index (χ2v) is 2.32. The van der Waals surface area contributed by atoms with Crippen molar-refractivity contribution in [1.29, 1.82) is 0 Å². The summed E-state index contributed by atoms with van der Waals surface area (Å²) >= 11 is 0. The molecule has 0 aromatic rings. The average molecular weight is 164 g/mol. The van der Waals surface area contributed by atoms with Crippen molar-refractivity contribution in [2.45, 2.75) is 13.0 Å². The van der Waals surface area contributed by atoms with Gasteiger partial charge in [-0.25, -0.2) is 15.4 Å². The maximum Gasteiger partial charge on any atom is 0.191 e. The first kappa shape index (κ1) is 7.08. The molecule has 1 N–H and O–H groups in total. The summed E-state index contributed by atoms with van der Waals surface area (Å²) < 4.78 is 0. The highest BCUT2D eigenvalue weighted by Crippen LogP contribution is 2.08. The second-order valence-electron chi connectivity index (χ2n) is 2.32. The first-order valence-corrected chi connectivity index (χ1v) is 3.72. The molecule has 0 bridgehead atoms. The van der Waals surface area contributed by atoms with Gasteiger partial charge in [0, 0.05) is 6.54 Å². The van der Waals surface area contributed by atoms with Crippen LogP contribution in [0.4, 0.5) is 0 Å². The van der Waals surface area contributed by atoms with Gasteiger partial charge in [0.2, 0.25) is 0 Å². The van der Waals surface area contributed by atoms with Crippen molar-refractivity contribution in [3.8, 4) is 0 Å². The molecule has 2 aliphatic heterocycles. The fraction of sp³-hybridized carbons (Fsp3) is 0.500. The van der Waals surface area contributed by atoms with Crippen LogP contribution in [0.3, 0.4) is 0 Å². The molecule has 12 heavy (non-hydrogen) atoms. The van der Waals surface area contributed by atoms with Gasteiger partial charge < -0.3 is 0 Å². The van der Waals surface area contributed by atoms with Gasteiger partial charge in [-0.1, -0.05) is 5.22 Å². The van der Waals surface area contributed by atoms with E-state index in [1.165, 1.54) is 6.34 Å². The number of nitrogens with one attached hydrogen (secondary N) is 1. The predicted octanol–water partition coefficient (Wildman–Crippen LogP) is 0.184. The normalized spacial score (nSPS) is 28.6. The Morgan fingerprint density at radius 1 is 1.67 bits per heavy atom. The Kier molecular flexibility index (Phi) is 1.65. The maximum absolute atomic E-state index is 4.17. The lowest BCUT2D eigenvalue weighted by Gasteiger charge is -2.08. The van der Waals surface area contributed by atoms with Crippen LogP contribution >= 0.6 is 0 Å². The first-order chi connectivity index (χ1) is 5.92. The molecule has 0 amide bonds. The molecule has 6 nitrogen and oxygen atoms in total. The summed E-state index contributed by atoms with van der Waals surface area (Å²) in [6, 6.07) is -0.199. The van der Waals surface area contributed by atoms with Crippen molar-refractivity contribution in [3.63, 3.8) is 0 Å². The molecule has 6 heteroatoms. The average Bonchev–Trinajstić information content (AvgIpc) is 2.53. The van der Waals surface area contributed by atoms with E-state index >= 15 is 0 Å². The minimum absolute atomic E-state index is 0.199. The lowest BCUT2D eigenvalue weighted by atomic mass is 10.2. The highest BCUT2D eigenvalue weighted by Gasteiger charge is 2.27. The van der Waals surface area contributed by atoms with Crippen LogP contribution in [0.15, 0.2) is 25.3 Å². The summed E-state index contributed by atoms with van der Waals surface area (Å²) in [5.41, 5.74) is 2.68. The van der Waals surface area contributed by atoms with Crippen LogP contribution in [0.2, 0.25) is 0 Å². The Labute approximate surface area is 69.2 Å². The van der Waals surface area contributed by atoms with Crippen LogP contribution in [-0.4, -0.2) is 30.6 Å².